The number of thioether (sulfide) groups is 2. The van der Waals surface area contributed by atoms with Crippen molar-refractivity contribution < 1.29 is 14.3 Å². The van der Waals surface area contributed by atoms with Gasteiger partial charge < -0.3 is 10.1 Å². The molecule has 0 saturated carbocycles. The SMILES string of the molecule is CCCNC(=O)CSc1nnc(SC(CC)C(=O)OC)s1. The number of nitrogens with zero attached hydrogens (tertiary/aromatic N) is 2. The van der Waals surface area contributed by atoms with Crippen LogP contribution in [0.3, 0.4) is 0 Å². The van der Waals surface area contributed by atoms with E-state index in [-0.39, 0.29) is 17.1 Å². The first kappa shape index (κ1) is 18.2. The highest BCUT2D eigenvalue weighted by Crippen LogP contribution is 2.32. The predicted octanol–water partition coefficient (Wildman–Crippen LogP) is 2.20. The van der Waals surface area contributed by atoms with Gasteiger partial charge >= 0.3 is 5.97 Å². The summed E-state index contributed by atoms with van der Waals surface area (Å²) in [5.41, 5.74) is 0. The van der Waals surface area contributed by atoms with Gasteiger partial charge in [0.15, 0.2) is 8.68 Å². The van der Waals surface area contributed by atoms with Crippen LogP contribution in [0, 0.1) is 0 Å². The normalized spacial score (nSPS) is 12.0. The molecule has 0 radical (unpaired) electrons. The van der Waals surface area contributed by atoms with Crippen molar-refractivity contribution >= 4 is 46.7 Å². The molecule has 1 aromatic heterocycles. The van der Waals surface area contributed by atoms with E-state index in [4.69, 9.17) is 4.74 Å². The third-order valence-corrected chi connectivity index (χ3v) is 5.85. The molecule has 0 aliphatic carbocycles. The van der Waals surface area contributed by atoms with Crippen LogP contribution in [0.1, 0.15) is 26.7 Å². The van der Waals surface area contributed by atoms with Gasteiger partial charge in [-0.2, -0.15) is 0 Å². The van der Waals surface area contributed by atoms with Crippen LogP contribution < -0.4 is 5.32 Å². The largest absolute Gasteiger partial charge is 0.468 e. The maximum Gasteiger partial charge on any atom is 0.319 e. The minimum Gasteiger partial charge on any atom is -0.468 e. The number of carbonyl (C=O) groups excluding carboxylic acids is 2. The molecule has 9 heteroatoms. The van der Waals surface area contributed by atoms with Crippen molar-refractivity contribution in [1.29, 1.82) is 0 Å². The first-order chi connectivity index (χ1) is 10.1. The van der Waals surface area contributed by atoms with E-state index < -0.39 is 0 Å². The molecular weight excluding hydrogens is 330 g/mol. The smallest absolute Gasteiger partial charge is 0.319 e. The van der Waals surface area contributed by atoms with Gasteiger partial charge in [-0.25, -0.2) is 0 Å². The number of ether oxygens (including phenoxy) is 1. The lowest BCUT2D eigenvalue weighted by atomic mass is 10.3. The lowest BCUT2D eigenvalue weighted by Gasteiger charge is -2.08. The molecule has 0 fully saturated rings. The maximum atomic E-state index is 11.5. The molecule has 118 valence electrons. The highest BCUT2D eigenvalue weighted by Gasteiger charge is 2.20. The molecule has 0 spiro atoms. The highest BCUT2D eigenvalue weighted by molar-refractivity contribution is 8.04. The lowest BCUT2D eigenvalue weighted by molar-refractivity contribution is -0.140. The van der Waals surface area contributed by atoms with E-state index in [2.05, 4.69) is 15.5 Å². The zero-order valence-electron chi connectivity index (χ0n) is 12.2. The van der Waals surface area contributed by atoms with E-state index in [0.717, 1.165) is 10.8 Å². The van der Waals surface area contributed by atoms with Crippen molar-refractivity contribution in [3.8, 4) is 0 Å². The average molecular weight is 350 g/mol. The van der Waals surface area contributed by atoms with Crippen LogP contribution in [0.2, 0.25) is 0 Å². The maximum absolute atomic E-state index is 11.5. The van der Waals surface area contributed by atoms with Crippen LogP contribution >= 0.6 is 34.9 Å². The van der Waals surface area contributed by atoms with Crippen LogP contribution in [-0.2, 0) is 14.3 Å². The fourth-order valence-electron chi connectivity index (χ4n) is 1.30. The van der Waals surface area contributed by atoms with Crippen molar-refractivity contribution in [3.05, 3.63) is 0 Å². The third kappa shape index (κ3) is 6.66. The number of amides is 1. The summed E-state index contributed by atoms with van der Waals surface area (Å²) in [6.07, 6.45) is 1.58. The van der Waals surface area contributed by atoms with Crippen LogP contribution in [0.4, 0.5) is 0 Å². The molecule has 0 aliphatic rings. The summed E-state index contributed by atoms with van der Waals surface area (Å²) >= 11 is 4.09. The molecule has 1 atom stereocenters. The molecule has 1 rings (SSSR count). The standard InChI is InChI=1S/C12H19N3O3S3/c1-4-6-13-9(16)7-19-11-14-15-12(21-11)20-8(5-2)10(17)18-3/h8H,4-7H2,1-3H3,(H,13,16). The molecule has 0 bridgehead atoms. The Morgan fingerprint density at radius 2 is 2.05 bits per heavy atom. The Kier molecular flexibility index (Phi) is 8.70. The Labute approximate surface area is 136 Å². The van der Waals surface area contributed by atoms with Crippen molar-refractivity contribution in [2.75, 3.05) is 19.4 Å². The molecule has 0 saturated heterocycles. The molecule has 1 N–H and O–H groups in total. The Hall–Kier alpha value is -0.800. The van der Waals surface area contributed by atoms with Gasteiger partial charge in [0.1, 0.15) is 5.25 Å². The van der Waals surface area contributed by atoms with Gasteiger partial charge in [0, 0.05) is 6.54 Å². The summed E-state index contributed by atoms with van der Waals surface area (Å²) in [5, 5.41) is 10.6. The third-order valence-electron chi connectivity index (χ3n) is 2.36. The molecule has 0 aromatic carbocycles. The Morgan fingerprint density at radius 1 is 1.33 bits per heavy atom. The quantitative estimate of drug-likeness (QED) is 0.540. The number of methoxy groups -OCH3 is 1. The van der Waals surface area contributed by atoms with Gasteiger partial charge in [0.2, 0.25) is 5.91 Å². The summed E-state index contributed by atoms with van der Waals surface area (Å²) in [6, 6.07) is 0. The summed E-state index contributed by atoms with van der Waals surface area (Å²) in [7, 11) is 1.38. The lowest BCUT2D eigenvalue weighted by Crippen LogP contribution is -2.25. The average Bonchev–Trinajstić information content (AvgIpc) is 2.95. The second kappa shape index (κ2) is 10.0. The second-order valence-electron chi connectivity index (χ2n) is 4.01. The Morgan fingerprint density at radius 3 is 2.67 bits per heavy atom. The summed E-state index contributed by atoms with van der Waals surface area (Å²) in [4.78, 5) is 23.0. The zero-order chi connectivity index (χ0) is 15.7. The van der Waals surface area contributed by atoms with E-state index in [9.17, 15) is 9.59 Å². The molecule has 1 amide bonds. The molecule has 21 heavy (non-hydrogen) atoms. The number of carbonyl (C=O) groups is 2. The van der Waals surface area contributed by atoms with E-state index in [1.54, 1.807) is 0 Å². The summed E-state index contributed by atoms with van der Waals surface area (Å²) in [6.45, 7) is 4.62. The molecule has 1 unspecified atom stereocenters. The number of aromatic nitrogens is 2. The van der Waals surface area contributed by atoms with Gasteiger partial charge in [0.25, 0.3) is 0 Å². The minimum atomic E-state index is -0.270. The summed E-state index contributed by atoms with van der Waals surface area (Å²) in [5.74, 6) is 0.0612. The van der Waals surface area contributed by atoms with Crippen molar-refractivity contribution in [2.45, 2.75) is 40.6 Å². The highest BCUT2D eigenvalue weighted by atomic mass is 32.2. The topological polar surface area (TPSA) is 81.2 Å². The molecule has 6 nitrogen and oxygen atoms in total. The predicted molar refractivity (Wildman–Crippen MR) is 85.9 cm³/mol. The van der Waals surface area contributed by atoms with Gasteiger partial charge in [-0.1, -0.05) is 48.7 Å². The number of esters is 1. The minimum absolute atomic E-state index is 0.00718. The van der Waals surface area contributed by atoms with Crippen LogP contribution in [0.25, 0.3) is 0 Å². The van der Waals surface area contributed by atoms with Crippen molar-refractivity contribution in [3.63, 3.8) is 0 Å². The summed E-state index contributed by atoms with van der Waals surface area (Å²) < 4.78 is 6.17. The monoisotopic (exact) mass is 349 g/mol. The Bertz CT molecular complexity index is 468. The number of nitrogens with one attached hydrogen (secondary N) is 1. The van der Waals surface area contributed by atoms with Crippen LogP contribution in [0.5, 0.6) is 0 Å². The molecule has 1 heterocycles. The van der Waals surface area contributed by atoms with Gasteiger partial charge in [-0.3, -0.25) is 9.59 Å². The fourth-order valence-corrected chi connectivity index (χ4v) is 4.34. The molecule has 0 aliphatic heterocycles. The Balaban J connectivity index is 2.45. The number of hydrogen-bond donors (Lipinski definition) is 1. The van der Waals surface area contributed by atoms with Gasteiger partial charge in [-0.15, -0.1) is 10.2 Å². The van der Waals surface area contributed by atoms with Crippen molar-refractivity contribution in [1.82, 2.24) is 15.5 Å². The van der Waals surface area contributed by atoms with Gasteiger partial charge in [-0.05, 0) is 12.8 Å². The van der Waals surface area contributed by atoms with Gasteiger partial charge in [0.05, 0.1) is 12.9 Å². The van der Waals surface area contributed by atoms with Crippen molar-refractivity contribution in [2.24, 2.45) is 0 Å². The number of rotatable bonds is 9. The van der Waals surface area contributed by atoms with Crippen LogP contribution in [0.15, 0.2) is 8.68 Å². The van der Waals surface area contributed by atoms with E-state index in [1.807, 2.05) is 13.8 Å². The van der Waals surface area contributed by atoms with E-state index in [1.165, 1.54) is 42.0 Å². The number of hydrogen-bond acceptors (Lipinski definition) is 8. The fraction of sp³-hybridized carbons (Fsp3) is 0.667. The first-order valence-electron chi connectivity index (χ1n) is 6.58. The van der Waals surface area contributed by atoms with E-state index in [0.29, 0.717) is 23.1 Å². The zero-order valence-corrected chi connectivity index (χ0v) is 14.7. The second-order valence-corrected chi connectivity index (χ2v) is 7.66. The van der Waals surface area contributed by atoms with E-state index >= 15 is 0 Å². The molecular formula is C12H19N3O3S3. The van der Waals surface area contributed by atoms with Crippen LogP contribution in [-0.4, -0.2) is 46.7 Å². The first-order valence-corrected chi connectivity index (χ1v) is 9.26. The molecule has 1 aromatic rings.